The molecule has 65 heavy (non-hydrogen) atoms. The summed E-state index contributed by atoms with van der Waals surface area (Å²) in [5.41, 5.74) is 0. The maximum Gasteiger partial charge on any atom is 0.306 e. The van der Waals surface area contributed by atoms with Crippen LogP contribution in [-0.4, -0.2) is 37.2 Å². The Labute approximate surface area is 404 Å². The minimum Gasteiger partial charge on any atom is -0.462 e. The lowest BCUT2D eigenvalue weighted by atomic mass is 10.0. The van der Waals surface area contributed by atoms with E-state index in [1.165, 1.54) is 218 Å². The summed E-state index contributed by atoms with van der Waals surface area (Å²) in [4.78, 5) is 37.9. The summed E-state index contributed by atoms with van der Waals surface area (Å²) >= 11 is 0. The molecule has 6 heteroatoms. The number of hydrogen-bond acceptors (Lipinski definition) is 6. The van der Waals surface area contributed by atoms with E-state index in [9.17, 15) is 14.4 Å². The largest absolute Gasteiger partial charge is 0.462 e. The molecule has 0 bridgehead atoms. The molecule has 1 atom stereocenters. The molecule has 0 fully saturated rings. The van der Waals surface area contributed by atoms with E-state index >= 15 is 0 Å². The van der Waals surface area contributed by atoms with Crippen LogP contribution in [0.5, 0.6) is 0 Å². The van der Waals surface area contributed by atoms with E-state index in [2.05, 4.69) is 45.1 Å². The van der Waals surface area contributed by atoms with Crippen molar-refractivity contribution in [1.82, 2.24) is 0 Å². The average molecular weight is 916 g/mol. The van der Waals surface area contributed by atoms with Gasteiger partial charge in [-0.25, -0.2) is 0 Å². The van der Waals surface area contributed by atoms with Gasteiger partial charge in [-0.2, -0.15) is 0 Å². The molecule has 0 N–H and O–H groups in total. The van der Waals surface area contributed by atoms with Gasteiger partial charge in [-0.05, 0) is 70.6 Å². The smallest absolute Gasteiger partial charge is 0.306 e. The molecule has 0 radical (unpaired) electrons. The van der Waals surface area contributed by atoms with Crippen LogP contribution >= 0.6 is 0 Å². The molecule has 0 aliphatic heterocycles. The van der Waals surface area contributed by atoms with Crippen LogP contribution in [0.4, 0.5) is 0 Å². The van der Waals surface area contributed by atoms with Crippen molar-refractivity contribution < 1.29 is 28.6 Å². The Balaban J connectivity index is 4.10. The number of carbonyl (C=O) groups excluding carboxylic acids is 3. The molecule has 0 aromatic heterocycles. The van der Waals surface area contributed by atoms with Gasteiger partial charge in [0.1, 0.15) is 13.2 Å². The van der Waals surface area contributed by atoms with Crippen LogP contribution in [0.3, 0.4) is 0 Å². The first-order valence-electron chi connectivity index (χ1n) is 28.8. The summed E-state index contributed by atoms with van der Waals surface area (Å²) < 4.78 is 16.8. The highest BCUT2D eigenvalue weighted by Crippen LogP contribution is 2.16. The Bertz CT molecular complexity index is 1050. The molecule has 0 saturated heterocycles. The van der Waals surface area contributed by atoms with Crippen molar-refractivity contribution in [3.05, 3.63) is 24.3 Å². The van der Waals surface area contributed by atoms with Crippen molar-refractivity contribution in [3.63, 3.8) is 0 Å². The summed E-state index contributed by atoms with van der Waals surface area (Å²) in [5.74, 6) is -0.869. The lowest BCUT2D eigenvalue weighted by Crippen LogP contribution is -2.30. The molecule has 0 aliphatic rings. The molecule has 0 amide bonds. The fraction of sp³-hybridized carbons (Fsp3) is 0.881. The molecule has 382 valence electrons. The van der Waals surface area contributed by atoms with E-state index in [4.69, 9.17) is 14.2 Å². The van der Waals surface area contributed by atoms with Crippen LogP contribution in [0, 0.1) is 0 Å². The summed E-state index contributed by atoms with van der Waals surface area (Å²) in [6, 6.07) is 0. The van der Waals surface area contributed by atoms with Gasteiger partial charge in [0.15, 0.2) is 6.10 Å². The van der Waals surface area contributed by atoms with E-state index in [0.717, 1.165) is 57.8 Å². The molecule has 1 unspecified atom stereocenters. The van der Waals surface area contributed by atoms with Crippen molar-refractivity contribution in [2.45, 2.75) is 322 Å². The molecule has 6 nitrogen and oxygen atoms in total. The molecular formula is C59H110O6. The van der Waals surface area contributed by atoms with Crippen molar-refractivity contribution in [3.8, 4) is 0 Å². The minimum atomic E-state index is -0.768. The second-order valence-corrected chi connectivity index (χ2v) is 19.6. The maximum absolute atomic E-state index is 12.8. The zero-order valence-electron chi connectivity index (χ0n) is 43.8. The van der Waals surface area contributed by atoms with Crippen LogP contribution in [0.25, 0.3) is 0 Å². The zero-order chi connectivity index (χ0) is 47.2. The zero-order valence-corrected chi connectivity index (χ0v) is 43.8. The second kappa shape index (κ2) is 54.5. The monoisotopic (exact) mass is 915 g/mol. The normalized spacial score (nSPS) is 12.1. The number of ether oxygens (including phenoxy) is 3. The standard InChI is InChI=1S/C59H110O6/c1-4-7-10-13-16-18-20-22-24-26-28-29-30-31-32-34-35-37-39-41-43-46-49-52-58(61)64-55-56(54-63-57(60)51-48-45-15-12-9-6-3)65-59(62)53-50-47-44-42-40-38-36-33-27-25-23-21-19-17-14-11-8-5-2/h25-28,56H,4-24,29-55H2,1-3H3/b27-25-,28-26-. The number of rotatable bonds is 53. The van der Waals surface area contributed by atoms with Gasteiger partial charge in [0.2, 0.25) is 0 Å². The van der Waals surface area contributed by atoms with Crippen LogP contribution in [0.1, 0.15) is 316 Å². The van der Waals surface area contributed by atoms with Crippen molar-refractivity contribution in [2.24, 2.45) is 0 Å². The Morgan fingerprint density at radius 1 is 0.292 bits per heavy atom. The van der Waals surface area contributed by atoms with Crippen molar-refractivity contribution in [1.29, 1.82) is 0 Å². The SMILES string of the molecule is CCCCCCCCC/C=C\CCCCCCCCCC(=O)OC(COC(=O)CCCCCCCC)COC(=O)CCCCCCCCCCCCC/C=C\CCCCCCCCCC. The Hall–Kier alpha value is -2.11. The van der Waals surface area contributed by atoms with E-state index in [-0.39, 0.29) is 31.1 Å². The van der Waals surface area contributed by atoms with Crippen LogP contribution < -0.4 is 0 Å². The predicted molar refractivity (Wildman–Crippen MR) is 279 cm³/mol. The van der Waals surface area contributed by atoms with Gasteiger partial charge < -0.3 is 14.2 Å². The summed E-state index contributed by atoms with van der Waals surface area (Å²) in [6.07, 6.45) is 63.5. The molecule has 0 heterocycles. The molecule has 0 aliphatic carbocycles. The first-order valence-corrected chi connectivity index (χ1v) is 28.8. The second-order valence-electron chi connectivity index (χ2n) is 19.6. The fourth-order valence-corrected chi connectivity index (χ4v) is 8.55. The number of hydrogen-bond donors (Lipinski definition) is 0. The maximum atomic E-state index is 12.8. The van der Waals surface area contributed by atoms with Crippen LogP contribution in [-0.2, 0) is 28.6 Å². The third-order valence-electron chi connectivity index (χ3n) is 12.9. The predicted octanol–water partition coefficient (Wildman–Crippen LogP) is 19.1. The van der Waals surface area contributed by atoms with Crippen molar-refractivity contribution >= 4 is 17.9 Å². The van der Waals surface area contributed by atoms with Gasteiger partial charge in [0.25, 0.3) is 0 Å². The first kappa shape index (κ1) is 62.9. The minimum absolute atomic E-state index is 0.0702. The average Bonchev–Trinajstić information content (AvgIpc) is 3.30. The number of unbranched alkanes of at least 4 members (excludes halogenated alkanes) is 38. The van der Waals surface area contributed by atoms with Crippen LogP contribution in [0.2, 0.25) is 0 Å². The highest BCUT2D eigenvalue weighted by molar-refractivity contribution is 5.71. The van der Waals surface area contributed by atoms with Gasteiger partial charge in [0.05, 0.1) is 0 Å². The van der Waals surface area contributed by atoms with Crippen LogP contribution in [0.15, 0.2) is 24.3 Å². The highest BCUT2D eigenvalue weighted by Gasteiger charge is 2.19. The van der Waals surface area contributed by atoms with Gasteiger partial charge in [-0.3, -0.25) is 14.4 Å². The number of esters is 3. The van der Waals surface area contributed by atoms with Gasteiger partial charge in [-0.1, -0.05) is 251 Å². The quantitative estimate of drug-likeness (QED) is 0.0262. The molecule has 0 aromatic rings. The third kappa shape index (κ3) is 52.7. The summed E-state index contributed by atoms with van der Waals surface area (Å²) in [7, 11) is 0. The van der Waals surface area contributed by atoms with Gasteiger partial charge in [0, 0.05) is 19.3 Å². The van der Waals surface area contributed by atoms with Crippen molar-refractivity contribution in [2.75, 3.05) is 13.2 Å². The Kier molecular flexibility index (Phi) is 52.7. The third-order valence-corrected chi connectivity index (χ3v) is 12.9. The van der Waals surface area contributed by atoms with E-state index < -0.39 is 6.10 Å². The fourth-order valence-electron chi connectivity index (χ4n) is 8.55. The molecule has 0 saturated carbocycles. The molecule has 0 rings (SSSR count). The van der Waals surface area contributed by atoms with E-state index in [1.54, 1.807) is 0 Å². The van der Waals surface area contributed by atoms with Gasteiger partial charge >= 0.3 is 17.9 Å². The highest BCUT2D eigenvalue weighted by atomic mass is 16.6. The lowest BCUT2D eigenvalue weighted by Gasteiger charge is -2.18. The number of carbonyl (C=O) groups is 3. The Morgan fingerprint density at radius 2 is 0.508 bits per heavy atom. The molecule has 0 spiro atoms. The number of allylic oxidation sites excluding steroid dienone is 4. The molecular weight excluding hydrogens is 805 g/mol. The first-order chi connectivity index (χ1) is 32.0. The lowest BCUT2D eigenvalue weighted by molar-refractivity contribution is -0.167. The molecule has 0 aromatic carbocycles. The summed E-state index contributed by atoms with van der Waals surface area (Å²) in [6.45, 7) is 6.61. The van der Waals surface area contributed by atoms with E-state index in [0.29, 0.717) is 19.3 Å². The topological polar surface area (TPSA) is 78.9 Å². The van der Waals surface area contributed by atoms with E-state index in [1.807, 2.05) is 0 Å². The Morgan fingerprint density at radius 3 is 0.769 bits per heavy atom. The summed E-state index contributed by atoms with van der Waals surface area (Å²) in [5, 5.41) is 0. The van der Waals surface area contributed by atoms with Gasteiger partial charge in [-0.15, -0.1) is 0 Å².